The molecule has 0 bridgehead atoms. The molecule has 4 amide bonds. The Labute approximate surface area is 169 Å². The van der Waals surface area contributed by atoms with Gasteiger partial charge in [0.05, 0.1) is 23.7 Å². The Bertz CT molecular complexity index is 475. The van der Waals surface area contributed by atoms with Gasteiger partial charge in [0, 0.05) is 24.8 Å². The maximum atomic E-state index is 11.6. The van der Waals surface area contributed by atoms with Crippen LogP contribution in [0, 0.1) is 9.81 Å². The average Bonchev–Trinajstić information content (AvgIpc) is 2.70. The Kier molecular flexibility index (Phi) is 13.3. The highest BCUT2D eigenvalue weighted by Crippen LogP contribution is 2.09. The van der Waals surface area contributed by atoms with Crippen molar-refractivity contribution in [3.05, 3.63) is 9.81 Å². The maximum absolute atomic E-state index is 11.6. The van der Waals surface area contributed by atoms with Crippen molar-refractivity contribution in [1.82, 2.24) is 20.7 Å². The molecule has 0 fully saturated rings. The van der Waals surface area contributed by atoms with E-state index in [0.717, 1.165) is 0 Å². The molecular weight excluding hydrogens is 427 g/mol. The number of carbonyl (C=O) groups excluding carboxylic acids is 2. The fourth-order valence-corrected chi connectivity index (χ4v) is 2.01. The zero-order chi connectivity index (χ0) is 21.7. The average molecular weight is 449 g/mol. The van der Waals surface area contributed by atoms with Gasteiger partial charge in [0.25, 0.3) is 0 Å². The molecular formula is C12H22Cl2N6O8. The Hall–Kier alpha value is -1.84. The number of amides is 4. The highest BCUT2D eigenvalue weighted by molar-refractivity contribution is 6.18. The number of alkyl halides is 2. The fourth-order valence-electron chi connectivity index (χ4n) is 1.82. The number of hydrogen-bond acceptors (Lipinski definition) is 10. The summed E-state index contributed by atoms with van der Waals surface area (Å²) in [4.78, 5) is 44.6. The summed E-state index contributed by atoms with van der Waals surface area (Å²) >= 11 is 10.7. The van der Waals surface area contributed by atoms with Gasteiger partial charge in [-0.05, 0) is 0 Å². The van der Waals surface area contributed by atoms with Gasteiger partial charge >= 0.3 is 12.1 Å². The van der Waals surface area contributed by atoms with Crippen LogP contribution in [0.5, 0.6) is 0 Å². The van der Waals surface area contributed by atoms with Gasteiger partial charge in [-0.3, -0.25) is 0 Å². The van der Waals surface area contributed by atoms with Crippen LogP contribution in [0.3, 0.4) is 0 Å². The first-order chi connectivity index (χ1) is 13.2. The summed E-state index contributed by atoms with van der Waals surface area (Å²) in [5.41, 5.74) is 0. The van der Waals surface area contributed by atoms with Crippen molar-refractivity contribution in [3.63, 3.8) is 0 Å². The Morgan fingerprint density at radius 1 is 0.786 bits per heavy atom. The number of hydrogen-bond donors (Lipinski definition) is 6. The van der Waals surface area contributed by atoms with E-state index >= 15 is 0 Å². The van der Waals surface area contributed by atoms with Gasteiger partial charge in [0.15, 0.2) is 0 Å². The molecule has 0 saturated heterocycles. The second kappa shape index (κ2) is 14.2. The van der Waals surface area contributed by atoms with Crippen molar-refractivity contribution in [2.24, 2.45) is 10.6 Å². The van der Waals surface area contributed by atoms with Crippen LogP contribution in [-0.2, 0) is 0 Å². The molecule has 6 N–H and O–H groups in total. The van der Waals surface area contributed by atoms with Crippen LogP contribution in [0.2, 0.25) is 0 Å². The molecule has 0 aromatic rings. The van der Waals surface area contributed by atoms with Gasteiger partial charge in [-0.2, -0.15) is 10.0 Å². The number of rotatable bonds is 13. The van der Waals surface area contributed by atoms with E-state index in [1.807, 2.05) is 0 Å². The molecule has 16 heteroatoms. The minimum absolute atomic E-state index is 0.00666. The number of nitroso groups, excluding NO2 is 2. The summed E-state index contributed by atoms with van der Waals surface area (Å²) in [6.45, 7) is -1.64. The molecule has 4 atom stereocenters. The monoisotopic (exact) mass is 448 g/mol. The van der Waals surface area contributed by atoms with Crippen molar-refractivity contribution >= 4 is 35.3 Å². The van der Waals surface area contributed by atoms with E-state index in [2.05, 4.69) is 21.2 Å². The lowest BCUT2D eigenvalue weighted by molar-refractivity contribution is -0.111. The molecule has 0 unspecified atom stereocenters. The first-order valence-electron chi connectivity index (χ1n) is 7.84. The molecule has 14 nitrogen and oxygen atoms in total. The van der Waals surface area contributed by atoms with E-state index in [1.54, 1.807) is 0 Å². The van der Waals surface area contributed by atoms with Crippen LogP contribution >= 0.6 is 23.2 Å². The maximum Gasteiger partial charge on any atom is 0.340 e. The molecule has 0 heterocycles. The smallest absolute Gasteiger partial charge is 0.340 e. The van der Waals surface area contributed by atoms with Crippen LogP contribution in [-0.4, -0.2) is 105 Å². The summed E-state index contributed by atoms with van der Waals surface area (Å²) in [5.74, 6) is 0.0997. The quantitative estimate of drug-likeness (QED) is 0.108. The fraction of sp³-hybridized carbons (Fsp3) is 0.833. The summed E-state index contributed by atoms with van der Waals surface area (Å²) < 4.78 is 0. The number of carbonyl (C=O) groups is 2. The molecule has 0 aromatic heterocycles. The van der Waals surface area contributed by atoms with Crippen molar-refractivity contribution in [3.8, 4) is 0 Å². The summed E-state index contributed by atoms with van der Waals surface area (Å²) in [5, 5.41) is 49.1. The third kappa shape index (κ3) is 8.90. The first-order valence-corrected chi connectivity index (χ1v) is 8.91. The van der Waals surface area contributed by atoms with E-state index in [0.29, 0.717) is 0 Å². The topological polar surface area (TPSA) is 204 Å². The van der Waals surface area contributed by atoms with E-state index in [4.69, 9.17) is 23.2 Å². The van der Waals surface area contributed by atoms with Crippen LogP contribution < -0.4 is 10.6 Å². The zero-order valence-electron chi connectivity index (χ0n) is 14.5. The lowest BCUT2D eigenvalue weighted by Gasteiger charge is -2.29. The zero-order valence-corrected chi connectivity index (χ0v) is 16.0. The largest absolute Gasteiger partial charge is 0.388 e. The minimum Gasteiger partial charge on any atom is -0.388 e. The van der Waals surface area contributed by atoms with Crippen molar-refractivity contribution < 1.29 is 30.0 Å². The number of nitrogens with zero attached hydrogens (tertiary/aromatic N) is 4. The van der Waals surface area contributed by atoms with Crippen LogP contribution in [0.25, 0.3) is 0 Å². The minimum atomic E-state index is -2.07. The molecule has 0 aliphatic carbocycles. The molecule has 28 heavy (non-hydrogen) atoms. The molecule has 0 rings (SSSR count). The van der Waals surface area contributed by atoms with E-state index in [-0.39, 0.29) is 34.9 Å². The van der Waals surface area contributed by atoms with Crippen LogP contribution in [0.4, 0.5) is 9.59 Å². The molecule has 162 valence electrons. The third-order valence-corrected chi connectivity index (χ3v) is 3.64. The second-order valence-corrected chi connectivity index (χ2v) is 6.04. The normalized spacial score (nSPS) is 14.9. The van der Waals surface area contributed by atoms with E-state index in [9.17, 15) is 39.8 Å². The highest BCUT2D eigenvalue weighted by Gasteiger charge is 2.34. The number of urea groups is 2. The standard InChI is InChI=1S/C12H22Cl2N6O8/c13-1-3-15-11(25)19(17-27)5-7(21)9(23)10(24)8(22)6-20(18-28)12(26)16-4-2-14/h7-10,21-24H,1-6H2,(H,15,25)(H,16,26)/t7-,8+,9+,10-. The Balaban J connectivity index is 4.80. The number of halogens is 2. The molecule has 0 aliphatic heterocycles. The van der Waals surface area contributed by atoms with Crippen molar-refractivity contribution in [2.45, 2.75) is 24.4 Å². The summed E-state index contributed by atoms with van der Waals surface area (Å²) in [6.07, 6.45) is -7.96. The number of nitrogens with one attached hydrogen (secondary N) is 2. The van der Waals surface area contributed by atoms with Crippen molar-refractivity contribution in [1.29, 1.82) is 0 Å². The first kappa shape index (κ1) is 26.2. The van der Waals surface area contributed by atoms with Crippen LogP contribution in [0.15, 0.2) is 10.6 Å². The molecule has 0 aliphatic rings. The third-order valence-electron chi connectivity index (χ3n) is 3.27. The predicted octanol–water partition coefficient (Wildman–Crippen LogP) is -1.71. The summed E-state index contributed by atoms with van der Waals surface area (Å²) in [7, 11) is 0. The lowest BCUT2D eigenvalue weighted by atomic mass is 10.0. The number of aliphatic hydroxyl groups is 4. The molecule has 0 spiro atoms. The number of aliphatic hydroxyl groups excluding tert-OH is 4. The second-order valence-electron chi connectivity index (χ2n) is 5.29. The molecule has 0 aromatic carbocycles. The van der Waals surface area contributed by atoms with E-state index < -0.39 is 49.6 Å². The van der Waals surface area contributed by atoms with Crippen LogP contribution in [0.1, 0.15) is 0 Å². The van der Waals surface area contributed by atoms with Gasteiger partial charge in [0.1, 0.15) is 24.4 Å². The van der Waals surface area contributed by atoms with Gasteiger partial charge < -0.3 is 31.1 Å². The van der Waals surface area contributed by atoms with Gasteiger partial charge in [-0.1, -0.05) is 0 Å². The lowest BCUT2D eigenvalue weighted by Crippen LogP contribution is -2.53. The molecule has 0 radical (unpaired) electrons. The van der Waals surface area contributed by atoms with Gasteiger partial charge in [0.2, 0.25) is 0 Å². The molecule has 0 saturated carbocycles. The highest BCUT2D eigenvalue weighted by atomic mass is 35.5. The van der Waals surface area contributed by atoms with Gasteiger partial charge in [-0.15, -0.1) is 33.0 Å². The Morgan fingerprint density at radius 3 is 1.36 bits per heavy atom. The summed E-state index contributed by atoms with van der Waals surface area (Å²) in [6, 6.07) is -2.02. The SMILES string of the molecule is O=NN(C[C@@H](O)[C@H](O)[C@H](O)[C@@H](O)CN(N=O)C(=O)NCCCl)C(=O)NCCCl. The Morgan fingerprint density at radius 2 is 1.11 bits per heavy atom. The van der Waals surface area contributed by atoms with Gasteiger partial charge in [-0.25, -0.2) is 9.59 Å². The van der Waals surface area contributed by atoms with Crippen molar-refractivity contribution in [2.75, 3.05) is 37.9 Å². The predicted molar refractivity (Wildman–Crippen MR) is 97.3 cm³/mol. The van der Waals surface area contributed by atoms with E-state index in [1.165, 1.54) is 0 Å².